The Kier molecular flexibility index (Phi) is 9.03. The lowest BCUT2D eigenvalue weighted by Gasteiger charge is -2.14. The number of rotatable bonds is 11. The molecule has 0 aliphatic rings. The molecule has 0 spiro atoms. The summed E-state index contributed by atoms with van der Waals surface area (Å²) in [6.07, 6.45) is 0.816. The Morgan fingerprint density at radius 3 is 1.49 bits per heavy atom. The number of phenols is 2. The predicted octanol–water partition coefficient (Wildman–Crippen LogP) is 5.48. The summed E-state index contributed by atoms with van der Waals surface area (Å²) in [4.78, 5) is 24.2. The highest BCUT2D eigenvalue weighted by Gasteiger charge is 2.10. The highest BCUT2D eigenvalue weighted by molar-refractivity contribution is 5.92. The lowest BCUT2D eigenvalue weighted by atomic mass is 9.94. The fraction of sp³-hybridized carbons (Fsp3) is 0.161. The fourth-order valence-corrected chi connectivity index (χ4v) is 3.87. The van der Waals surface area contributed by atoms with Gasteiger partial charge in [-0.2, -0.15) is 0 Å². The topological polar surface area (TPSA) is 117 Å². The molecule has 0 fully saturated rings. The number of hydrogen-bond acceptors (Lipinski definition) is 6. The summed E-state index contributed by atoms with van der Waals surface area (Å²) in [6, 6.07) is 27.8. The Hall–Kier alpha value is -4.98. The number of nitrogens with one attached hydrogen (secondary N) is 2. The molecular weight excluding hydrogens is 496 g/mol. The van der Waals surface area contributed by atoms with Crippen molar-refractivity contribution in [1.82, 2.24) is 0 Å². The molecule has 1 atom stereocenters. The van der Waals surface area contributed by atoms with Crippen molar-refractivity contribution < 1.29 is 29.3 Å². The smallest absolute Gasteiger partial charge is 0.262 e. The summed E-state index contributed by atoms with van der Waals surface area (Å²) >= 11 is 0. The van der Waals surface area contributed by atoms with Gasteiger partial charge in [0.1, 0.15) is 23.0 Å². The van der Waals surface area contributed by atoms with Gasteiger partial charge in [0.2, 0.25) is 0 Å². The summed E-state index contributed by atoms with van der Waals surface area (Å²) in [5.74, 6) is 1.14. The average Bonchev–Trinajstić information content (AvgIpc) is 2.94. The number of amides is 2. The van der Waals surface area contributed by atoms with Crippen molar-refractivity contribution in [3.05, 3.63) is 108 Å². The third kappa shape index (κ3) is 8.53. The zero-order valence-electron chi connectivity index (χ0n) is 21.5. The summed E-state index contributed by atoms with van der Waals surface area (Å²) in [6.45, 7) is 1.89. The van der Waals surface area contributed by atoms with Gasteiger partial charge in [-0.15, -0.1) is 0 Å². The SMILES string of the molecule is CC(Cc1ccc(OCC(=O)Nc2ccc(O)cc2)cc1)c1ccc(OCC(=O)Nc2ccc(O)cc2)cc1. The lowest BCUT2D eigenvalue weighted by molar-refractivity contribution is -0.118. The van der Waals surface area contributed by atoms with Gasteiger partial charge in [0.05, 0.1) is 0 Å². The molecule has 0 heterocycles. The van der Waals surface area contributed by atoms with E-state index in [-0.39, 0.29) is 42.4 Å². The first-order chi connectivity index (χ1) is 18.8. The third-order valence-electron chi connectivity index (χ3n) is 5.96. The van der Waals surface area contributed by atoms with Crippen LogP contribution in [0.2, 0.25) is 0 Å². The van der Waals surface area contributed by atoms with Crippen molar-refractivity contribution in [2.45, 2.75) is 19.3 Å². The van der Waals surface area contributed by atoms with E-state index in [4.69, 9.17) is 9.47 Å². The van der Waals surface area contributed by atoms with Crippen LogP contribution in [-0.4, -0.2) is 35.2 Å². The molecule has 4 rings (SSSR count). The Balaban J connectivity index is 1.20. The van der Waals surface area contributed by atoms with Gasteiger partial charge in [-0.1, -0.05) is 31.2 Å². The van der Waals surface area contributed by atoms with Crippen LogP contribution < -0.4 is 20.1 Å². The fourth-order valence-electron chi connectivity index (χ4n) is 3.87. The molecule has 0 aromatic heterocycles. The minimum absolute atomic E-state index is 0.122. The maximum Gasteiger partial charge on any atom is 0.262 e. The molecule has 0 saturated carbocycles. The maximum atomic E-state index is 12.1. The quantitative estimate of drug-likeness (QED) is 0.192. The second kappa shape index (κ2) is 13.0. The maximum absolute atomic E-state index is 12.1. The Morgan fingerprint density at radius 2 is 1.05 bits per heavy atom. The molecule has 8 nitrogen and oxygen atoms in total. The Labute approximate surface area is 226 Å². The van der Waals surface area contributed by atoms with E-state index in [1.54, 1.807) is 24.3 Å². The number of phenolic OH excluding ortho intramolecular Hbond substituents is 2. The first-order valence-electron chi connectivity index (χ1n) is 12.5. The van der Waals surface area contributed by atoms with Crippen LogP contribution in [0.5, 0.6) is 23.0 Å². The molecular formula is C31H30N2O6. The number of ether oxygens (including phenoxy) is 2. The van der Waals surface area contributed by atoms with Crippen molar-refractivity contribution in [1.29, 1.82) is 0 Å². The predicted molar refractivity (Wildman–Crippen MR) is 149 cm³/mol. The van der Waals surface area contributed by atoms with Gasteiger partial charge in [-0.3, -0.25) is 9.59 Å². The van der Waals surface area contributed by atoms with Gasteiger partial charge in [-0.25, -0.2) is 0 Å². The van der Waals surface area contributed by atoms with Crippen LogP contribution in [0.4, 0.5) is 11.4 Å². The van der Waals surface area contributed by atoms with Crippen molar-refractivity contribution in [2.24, 2.45) is 0 Å². The first kappa shape index (κ1) is 27.1. The summed E-state index contributed by atoms with van der Waals surface area (Å²) in [5.41, 5.74) is 3.44. The first-order valence-corrected chi connectivity index (χ1v) is 12.5. The van der Waals surface area contributed by atoms with Crippen LogP contribution >= 0.6 is 0 Å². The van der Waals surface area contributed by atoms with E-state index in [1.165, 1.54) is 24.3 Å². The minimum atomic E-state index is -0.288. The van der Waals surface area contributed by atoms with Crippen LogP contribution in [0.25, 0.3) is 0 Å². The van der Waals surface area contributed by atoms with Crippen LogP contribution in [0.3, 0.4) is 0 Å². The lowest BCUT2D eigenvalue weighted by Crippen LogP contribution is -2.20. The summed E-state index contributed by atoms with van der Waals surface area (Å²) in [5, 5.41) is 24.1. The monoisotopic (exact) mass is 526 g/mol. The molecule has 39 heavy (non-hydrogen) atoms. The molecule has 0 aliphatic heterocycles. The molecule has 0 radical (unpaired) electrons. The van der Waals surface area contributed by atoms with E-state index in [2.05, 4.69) is 17.6 Å². The van der Waals surface area contributed by atoms with Crippen molar-refractivity contribution in [3.8, 4) is 23.0 Å². The normalized spacial score (nSPS) is 11.3. The van der Waals surface area contributed by atoms with E-state index in [9.17, 15) is 19.8 Å². The van der Waals surface area contributed by atoms with Gasteiger partial charge in [-0.05, 0) is 96.3 Å². The van der Waals surface area contributed by atoms with E-state index < -0.39 is 0 Å². The molecule has 0 saturated heterocycles. The Bertz CT molecular complexity index is 1370. The molecule has 4 aromatic rings. The van der Waals surface area contributed by atoms with Gasteiger partial charge >= 0.3 is 0 Å². The van der Waals surface area contributed by atoms with E-state index in [0.717, 1.165) is 17.5 Å². The number of aromatic hydroxyl groups is 2. The van der Waals surface area contributed by atoms with Crippen LogP contribution in [0.15, 0.2) is 97.1 Å². The van der Waals surface area contributed by atoms with Crippen molar-refractivity contribution in [2.75, 3.05) is 23.8 Å². The molecule has 4 aromatic carbocycles. The highest BCUT2D eigenvalue weighted by Crippen LogP contribution is 2.24. The standard InChI is InChI=1S/C31H30N2O6/c1-21(23-4-16-29(17-5-23)39-20-31(37)33-25-8-12-27(35)13-9-25)18-22-2-14-28(15-3-22)38-19-30(36)32-24-6-10-26(34)11-7-24/h2-17,21,34-35H,18-20H2,1H3,(H,32,36)(H,33,37). The number of carbonyl (C=O) groups is 2. The van der Waals surface area contributed by atoms with E-state index in [0.29, 0.717) is 22.9 Å². The van der Waals surface area contributed by atoms with Crippen LogP contribution in [0, 0.1) is 0 Å². The van der Waals surface area contributed by atoms with Gasteiger partial charge in [0.25, 0.3) is 11.8 Å². The summed E-state index contributed by atoms with van der Waals surface area (Å²) < 4.78 is 11.2. The number of hydrogen-bond donors (Lipinski definition) is 4. The average molecular weight is 527 g/mol. The minimum Gasteiger partial charge on any atom is -0.508 e. The van der Waals surface area contributed by atoms with Crippen molar-refractivity contribution >= 4 is 23.2 Å². The van der Waals surface area contributed by atoms with Gasteiger partial charge in [0.15, 0.2) is 13.2 Å². The second-order valence-electron chi connectivity index (χ2n) is 9.09. The van der Waals surface area contributed by atoms with Crippen molar-refractivity contribution in [3.63, 3.8) is 0 Å². The van der Waals surface area contributed by atoms with Gasteiger partial charge < -0.3 is 30.3 Å². The molecule has 1 unspecified atom stereocenters. The number of anilines is 2. The second-order valence-corrected chi connectivity index (χ2v) is 9.09. The molecule has 8 heteroatoms. The third-order valence-corrected chi connectivity index (χ3v) is 5.96. The van der Waals surface area contributed by atoms with E-state index >= 15 is 0 Å². The zero-order chi connectivity index (χ0) is 27.6. The number of carbonyl (C=O) groups excluding carboxylic acids is 2. The molecule has 0 bridgehead atoms. The van der Waals surface area contributed by atoms with Gasteiger partial charge in [0, 0.05) is 11.4 Å². The molecule has 0 aliphatic carbocycles. The number of benzene rings is 4. The van der Waals surface area contributed by atoms with Crippen LogP contribution in [0.1, 0.15) is 24.0 Å². The van der Waals surface area contributed by atoms with Crippen LogP contribution in [-0.2, 0) is 16.0 Å². The zero-order valence-corrected chi connectivity index (χ0v) is 21.5. The summed E-state index contributed by atoms with van der Waals surface area (Å²) in [7, 11) is 0. The molecule has 2 amide bonds. The largest absolute Gasteiger partial charge is 0.508 e. The molecule has 4 N–H and O–H groups in total. The Morgan fingerprint density at radius 1 is 0.641 bits per heavy atom. The van der Waals surface area contributed by atoms with E-state index in [1.807, 2.05) is 48.5 Å². The molecule has 200 valence electrons. The highest BCUT2D eigenvalue weighted by atomic mass is 16.5.